The van der Waals surface area contributed by atoms with E-state index in [1.807, 2.05) is 44.2 Å². The largest absolute Gasteiger partial charge is 0.354 e. The number of halogens is 2. The van der Waals surface area contributed by atoms with E-state index >= 15 is 0 Å². The number of sulfonamides is 1. The monoisotopic (exact) mass is 635 g/mol. The van der Waals surface area contributed by atoms with Gasteiger partial charge in [-0.15, -0.1) is 0 Å². The van der Waals surface area contributed by atoms with Crippen molar-refractivity contribution >= 4 is 39.1 Å². The summed E-state index contributed by atoms with van der Waals surface area (Å²) in [6, 6.07) is 28.0. The van der Waals surface area contributed by atoms with E-state index in [1.54, 1.807) is 42.5 Å². The van der Waals surface area contributed by atoms with Crippen molar-refractivity contribution in [3.8, 4) is 0 Å². The molecule has 7 nitrogen and oxygen atoms in total. The minimum atomic E-state index is -4.25. The molecule has 0 bridgehead atoms. The zero-order chi connectivity index (χ0) is 31.7. The smallest absolute Gasteiger partial charge is 0.264 e. The Bertz CT molecular complexity index is 1650. The standard InChI is InChI=1S/C34H35ClFN3O4S/c1-25(2)22-37-34(41)32(21-26-11-5-3-6-12-26)38(23-27-13-9-10-16-31(27)36)33(40)24-39(29-14-7-4-8-15-29)44(42,43)30-19-17-28(35)18-20-30/h3-20,25,32H,21-24H2,1-2H3,(H,37,41)/t32-/m0/s1. The van der Waals surface area contributed by atoms with Crippen LogP contribution in [0.5, 0.6) is 0 Å². The van der Waals surface area contributed by atoms with Crippen molar-refractivity contribution in [2.24, 2.45) is 5.92 Å². The van der Waals surface area contributed by atoms with Gasteiger partial charge in [0, 0.05) is 30.1 Å². The molecule has 0 radical (unpaired) electrons. The molecule has 0 aliphatic carbocycles. The van der Waals surface area contributed by atoms with Crippen molar-refractivity contribution in [2.75, 3.05) is 17.4 Å². The van der Waals surface area contributed by atoms with Crippen molar-refractivity contribution < 1.29 is 22.4 Å². The molecule has 44 heavy (non-hydrogen) atoms. The summed E-state index contributed by atoms with van der Waals surface area (Å²) in [5.74, 6) is -1.49. The first-order chi connectivity index (χ1) is 21.1. The number of para-hydroxylation sites is 1. The number of rotatable bonds is 13. The van der Waals surface area contributed by atoms with Crippen molar-refractivity contribution in [3.63, 3.8) is 0 Å². The predicted molar refractivity (Wildman–Crippen MR) is 171 cm³/mol. The lowest BCUT2D eigenvalue weighted by Gasteiger charge is -2.34. The van der Waals surface area contributed by atoms with Crippen molar-refractivity contribution in [1.82, 2.24) is 10.2 Å². The Labute approximate surface area is 263 Å². The molecule has 2 amide bonds. The fraction of sp³-hybridized carbons (Fsp3) is 0.235. The molecule has 0 saturated carbocycles. The summed E-state index contributed by atoms with van der Waals surface area (Å²) in [6.07, 6.45) is 0.139. The van der Waals surface area contributed by atoms with E-state index in [0.717, 1.165) is 9.87 Å². The Hall–Kier alpha value is -4.21. The summed E-state index contributed by atoms with van der Waals surface area (Å²) in [5, 5.41) is 3.27. The van der Waals surface area contributed by atoms with Crippen LogP contribution < -0.4 is 9.62 Å². The van der Waals surface area contributed by atoms with Gasteiger partial charge in [0.2, 0.25) is 11.8 Å². The Morgan fingerprint density at radius 3 is 2.05 bits per heavy atom. The summed E-state index contributed by atoms with van der Waals surface area (Å²) >= 11 is 6.01. The van der Waals surface area contributed by atoms with E-state index in [0.29, 0.717) is 11.6 Å². The second-order valence-corrected chi connectivity index (χ2v) is 13.1. The highest BCUT2D eigenvalue weighted by Gasteiger charge is 2.35. The lowest BCUT2D eigenvalue weighted by Crippen LogP contribution is -2.53. The van der Waals surface area contributed by atoms with Gasteiger partial charge in [-0.2, -0.15) is 0 Å². The fourth-order valence-electron chi connectivity index (χ4n) is 4.64. The number of carbonyl (C=O) groups excluding carboxylic acids is 2. The summed E-state index contributed by atoms with van der Waals surface area (Å²) in [5.41, 5.74) is 1.24. The molecule has 0 spiro atoms. The Kier molecular flexibility index (Phi) is 11.1. The number of benzene rings is 4. The molecule has 4 rings (SSSR count). The molecule has 10 heteroatoms. The third-order valence-corrected chi connectivity index (χ3v) is 9.02. The van der Waals surface area contributed by atoms with Crippen LogP contribution in [0.25, 0.3) is 0 Å². The summed E-state index contributed by atoms with van der Waals surface area (Å²) in [4.78, 5) is 29.3. The van der Waals surface area contributed by atoms with E-state index in [-0.39, 0.29) is 35.0 Å². The molecule has 0 saturated heterocycles. The highest BCUT2D eigenvalue weighted by Crippen LogP contribution is 2.26. The van der Waals surface area contributed by atoms with E-state index in [4.69, 9.17) is 11.6 Å². The number of carbonyl (C=O) groups is 2. The first kappa shape index (κ1) is 32.7. The molecular formula is C34H35ClFN3O4S. The first-order valence-electron chi connectivity index (χ1n) is 14.2. The highest BCUT2D eigenvalue weighted by molar-refractivity contribution is 7.92. The van der Waals surface area contributed by atoms with Crippen LogP contribution in [0.2, 0.25) is 5.02 Å². The average molecular weight is 636 g/mol. The predicted octanol–water partition coefficient (Wildman–Crippen LogP) is 6.09. The van der Waals surface area contributed by atoms with Gasteiger partial charge in [-0.1, -0.05) is 92.2 Å². The Morgan fingerprint density at radius 2 is 1.43 bits per heavy atom. The maximum atomic E-state index is 15.0. The third-order valence-electron chi connectivity index (χ3n) is 6.98. The lowest BCUT2D eigenvalue weighted by molar-refractivity contribution is -0.140. The molecule has 1 N–H and O–H groups in total. The summed E-state index contributed by atoms with van der Waals surface area (Å²) in [6.45, 7) is 3.39. The summed E-state index contributed by atoms with van der Waals surface area (Å²) < 4.78 is 43.9. The number of anilines is 1. The molecule has 0 aliphatic rings. The highest BCUT2D eigenvalue weighted by atomic mass is 35.5. The number of amides is 2. The molecule has 230 valence electrons. The van der Waals surface area contributed by atoms with Gasteiger partial charge >= 0.3 is 0 Å². The molecule has 0 heterocycles. The molecule has 4 aromatic carbocycles. The fourth-order valence-corrected chi connectivity index (χ4v) is 6.18. The van der Waals surface area contributed by atoms with Crippen molar-refractivity contribution in [1.29, 1.82) is 0 Å². The van der Waals surface area contributed by atoms with Crippen LogP contribution in [0.1, 0.15) is 25.0 Å². The molecule has 0 aromatic heterocycles. The second-order valence-electron chi connectivity index (χ2n) is 10.8. The van der Waals surface area contributed by atoms with Crippen LogP contribution in [0.3, 0.4) is 0 Å². The van der Waals surface area contributed by atoms with Crippen molar-refractivity contribution in [3.05, 3.63) is 131 Å². The van der Waals surface area contributed by atoms with Gasteiger partial charge in [0.15, 0.2) is 0 Å². The van der Waals surface area contributed by atoms with Crippen LogP contribution in [-0.2, 0) is 32.6 Å². The van der Waals surface area contributed by atoms with Gasteiger partial charge in [0.05, 0.1) is 10.6 Å². The summed E-state index contributed by atoms with van der Waals surface area (Å²) in [7, 11) is -4.25. The van der Waals surface area contributed by atoms with Crippen LogP contribution in [0.15, 0.2) is 114 Å². The van der Waals surface area contributed by atoms with Gasteiger partial charge in [-0.05, 0) is 53.9 Å². The molecular weight excluding hydrogens is 601 g/mol. The molecule has 0 fully saturated rings. The number of hydrogen-bond donors (Lipinski definition) is 1. The molecule has 0 aliphatic heterocycles. The lowest BCUT2D eigenvalue weighted by atomic mass is 10.0. The van der Waals surface area contributed by atoms with Crippen LogP contribution in [-0.4, -0.2) is 44.3 Å². The first-order valence-corrected chi connectivity index (χ1v) is 16.1. The molecule has 1 atom stereocenters. The maximum absolute atomic E-state index is 15.0. The third kappa shape index (κ3) is 8.45. The van der Waals surface area contributed by atoms with Gasteiger partial charge in [0.25, 0.3) is 10.0 Å². The van der Waals surface area contributed by atoms with E-state index in [1.165, 1.54) is 41.3 Å². The van der Waals surface area contributed by atoms with E-state index in [9.17, 15) is 22.4 Å². The van der Waals surface area contributed by atoms with Crippen LogP contribution >= 0.6 is 11.6 Å². The molecule has 0 unspecified atom stereocenters. The quantitative estimate of drug-likeness (QED) is 0.193. The van der Waals surface area contributed by atoms with Crippen molar-refractivity contribution in [2.45, 2.75) is 37.8 Å². The number of hydrogen-bond acceptors (Lipinski definition) is 4. The minimum Gasteiger partial charge on any atom is -0.354 e. The zero-order valence-corrected chi connectivity index (χ0v) is 26.1. The van der Waals surface area contributed by atoms with E-state index < -0.39 is 40.2 Å². The van der Waals surface area contributed by atoms with Gasteiger partial charge in [-0.25, -0.2) is 12.8 Å². The van der Waals surface area contributed by atoms with Gasteiger partial charge < -0.3 is 10.2 Å². The zero-order valence-electron chi connectivity index (χ0n) is 24.6. The van der Waals surface area contributed by atoms with Gasteiger partial charge in [-0.3, -0.25) is 13.9 Å². The topological polar surface area (TPSA) is 86.8 Å². The number of nitrogens with zero attached hydrogens (tertiary/aromatic N) is 2. The van der Waals surface area contributed by atoms with Crippen LogP contribution in [0.4, 0.5) is 10.1 Å². The Balaban J connectivity index is 1.79. The van der Waals surface area contributed by atoms with Crippen LogP contribution in [0, 0.1) is 11.7 Å². The molecule has 4 aromatic rings. The second kappa shape index (κ2) is 15.0. The normalized spacial score (nSPS) is 12.0. The van der Waals surface area contributed by atoms with Gasteiger partial charge in [0.1, 0.15) is 18.4 Å². The SMILES string of the molecule is CC(C)CNC(=O)[C@H](Cc1ccccc1)N(Cc1ccccc1F)C(=O)CN(c1ccccc1)S(=O)(=O)c1ccc(Cl)cc1. The van der Waals surface area contributed by atoms with E-state index in [2.05, 4.69) is 5.32 Å². The average Bonchev–Trinajstić information content (AvgIpc) is 3.02. The Morgan fingerprint density at radius 1 is 0.841 bits per heavy atom. The minimum absolute atomic E-state index is 0.0604. The number of nitrogens with one attached hydrogen (secondary N) is 1. The maximum Gasteiger partial charge on any atom is 0.264 e.